The number of hydrogen-bond acceptors (Lipinski definition) is 6. The van der Waals surface area contributed by atoms with Crippen LogP contribution in [0.3, 0.4) is 0 Å². The number of hydrogen-bond donors (Lipinski definition) is 2. The second-order valence-corrected chi connectivity index (χ2v) is 8.52. The number of amides is 1. The molecule has 1 atom stereocenters. The van der Waals surface area contributed by atoms with Crippen molar-refractivity contribution in [3.05, 3.63) is 71.8 Å². The SMILES string of the molecule is CCC(C)c1ccc2oc(-c3ccc(NC(=S)NC(=O)c4ccc(OC)c(OC)c4)cc3)nc2c1. The van der Waals surface area contributed by atoms with Crippen molar-refractivity contribution < 1.29 is 18.7 Å². The van der Waals surface area contributed by atoms with Gasteiger partial charge in [0.15, 0.2) is 22.2 Å². The molecular formula is C27H27N3O4S. The molecule has 0 spiro atoms. The first-order chi connectivity index (χ1) is 16.9. The van der Waals surface area contributed by atoms with Crippen molar-refractivity contribution in [1.29, 1.82) is 0 Å². The zero-order chi connectivity index (χ0) is 24.9. The molecule has 0 saturated carbocycles. The summed E-state index contributed by atoms with van der Waals surface area (Å²) in [5.74, 6) is 1.67. The smallest absolute Gasteiger partial charge is 0.257 e. The van der Waals surface area contributed by atoms with Crippen LogP contribution in [-0.2, 0) is 0 Å². The molecule has 8 heteroatoms. The lowest BCUT2D eigenvalue weighted by atomic mass is 9.98. The number of ether oxygens (including phenoxy) is 2. The molecular weight excluding hydrogens is 462 g/mol. The zero-order valence-corrected chi connectivity index (χ0v) is 20.9. The zero-order valence-electron chi connectivity index (χ0n) is 20.0. The third-order valence-electron chi connectivity index (χ3n) is 5.86. The van der Waals surface area contributed by atoms with Crippen LogP contribution in [0.15, 0.2) is 65.1 Å². The van der Waals surface area contributed by atoms with E-state index in [9.17, 15) is 4.79 Å². The highest BCUT2D eigenvalue weighted by Gasteiger charge is 2.13. The van der Waals surface area contributed by atoms with Crippen molar-refractivity contribution in [3.63, 3.8) is 0 Å². The lowest BCUT2D eigenvalue weighted by Crippen LogP contribution is -2.34. The summed E-state index contributed by atoms with van der Waals surface area (Å²) in [5.41, 5.74) is 4.82. The highest BCUT2D eigenvalue weighted by molar-refractivity contribution is 7.80. The number of carbonyl (C=O) groups excluding carboxylic acids is 1. The molecule has 2 N–H and O–H groups in total. The Labute approximate surface area is 209 Å². The normalized spacial score (nSPS) is 11.7. The second kappa shape index (κ2) is 10.6. The largest absolute Gasteiger partial charge is 0.493 e. The maximum Gasteiger partial charge on any atom is 0.257 e. The molecule has 0 bridgehead atoms. The highest BCUT2D eigenvalue weighted by atomic mass is 32.1. The molecule has 35 heavy (non-hydrogen) atoms. The summed E-state index contributed by atoms with van der Waals surface area (Å²) in [5, 5.41) is 5.87. The van der Waals surface area contributed by atoms with Gasteiger partial charge < -0.3 is 19.2 Å². The molecule has 0 aliphatic carbocycles. The molecule has 0 fully saturated rings. The standard InChI is InChI=1S/C27H27N3O4S/c1-5-16(2)18-8-12-22-21(14-18)29-26(34-22)17-6-10-20(11-7-17)28-27(35)30-25(31)19-9-13-23(32-3)24(15-19)33-4/h6-16H,5H2,1-4H3,(H2,28,30,31,35). The van der Waals surface area contributed by atoms with Crippen LogP contribution in [0.4, 0.5) is 5.69 Å². The molecule has 1 amide bonds. The summed E-state index contributed by atoms with van der Waals surface area (Å²) in [6.07, 6.45) is 1.07. The van der Waals surface area contributed by atoms with E-state index in [1.807, 2.05) is 30.3 Å². The van der Waals surface area contributed by atoms with Gasteiger partial charge >= 0.3 is 0 Å². The molecule has 4 rings (SSSR count). The Morgan fingerprint density at radius 1 is 1.03 bits per heavy atom. The number of nitrogens with one attached hydrogen (secondary N) is 2. The molecule has 1 heterocycles. The number of oxazole rings is 1. The number of benzene rings is 3. The van der Waals surface area contributed by atoms with Gasteiger partial charge in [0.25, 0.3) is 5.91 Å². The van der Waals surface area contributed by atoms with Gasteiger partial charge in [-0.2, -0.15) is 0 Å². The maximum absolute atomic E-state index is 12.6. The highest BCUT2D eigenvalue weighted by Crippen LogP contribution is 2.29. The van der Waals surface area contributed by atoms with Gasteiger partial charge in [-0.05, 0) is 84.7 Å². The minimum atomic E-state index is -0.358. The number of anilines is 1. The Morgan fingerprint density at radius 2 is 1.77 bits per heavy atom. The fourth-order valence-corrected chi connectivity index (χ4v) is 3.83. The molecule has 0 aliphatic heterocycles. The van der Waals surface area contributed by atoms with Crippen LogP contribution in [0, 0.1) is 0 Å². The molecule has 0 saturated heterocycles. The molecule has 1 unspecified atom stereocenters. The van der Waals surface area contributed by atoms with Gasteiger partial charge in [0.05, 0.1) is 14.2 Å². The lowest BCUT2D eigenvalue weighted by Gasteiger charge is -2.12. The first-order valence-electron chi connectivity index (χ1n) is 11.3. The molecule has 3 aromatic carbocycles. The van der Waals surface area contributed by atoms with E-state index in [2.05, 4.69) is 41.6 Å². The number of aromatic nitrogens is 1. The van der Waals surface area contributed by atoms with Crippen molar-refractivity contribution in [2.24, 2.45) is 0 Å². The second-order valence-electron chi connectivity index (χ2n) is 8.11. The Kier molecular flexibility index (Phi) is 7.31. The van der Waals surface area contributed by atoms with Crippen molar-refractivity contribution in [2.75, 3.05) is 19.5 Å². The first kappa shape index (κ1) is 24.2. The lowest BCUT2D eigenvalue weighted by molar-refractivity contribution is 0.0977. The van der Waals surface area contributed by atoms with Crippen LogP contribution in [0.25, 0.3) is 22.6 Å². The van der Waals surface area contributed by atoms with Gasteiger partial charge in [0, 0.05) is 16.8 Å². The van der Waals surface area contributed by atoms with Crippen LogP contribution in [0.1, 0.15) is 42.1 Å². The minimum Gasteiger partial charge on any atom is -0.493 e. The third kappa shape index (κ3) is 5.44. The van der Waals surface area contributed by atoms with E-state index in [1.54, 1.807) is 18.2 Å². The summed E-state index contributed by atoms with van der Waals surface area (Å²) in [6, 6.07) is 18.5. The van der Waals surface area contributed by atoms with Crippen LogP contribution in [-0.4, -0.2) is 30.2 Å². The Hall–Kier alpha value is -3.91. The van der Waals surface area contributed by atoms with Crippen LogP contribution < -0.4 is 20.1 Å². The van der Waals surface area contributed by atoms with Crippen molar-refractivity contribution in [1.82, 2.24) is 10.3 Å². The van der Waals surface area contributed by atoms with E-state index in [0.717, 1.165) is 28.8 Å². The topological polar surface area (TPSA) is 85.6 Å². The number of thiocarbonyl (C=S) groups is 1. The fourth-order valence-electron chi connectivity index (χ4n) is 3.62. The molecule has 0 radical (unpaired) electrons. The van der Waals surface area contributed by atoms with Gasteiger partial charge in [-0.1, -0.05) is 19.9 Å². The van der Waals surface area contributed by atoms with E-state index in [0.29, 0.717) is 28.9 Å². The van der Waals surface area contributed by atoms with E-state index in [-0.39, 0.29) is 11.0 Å². The Balaban J connectivity index is 1.42. The predicted octanol–water partition coefficient (Wildman–Crippen LogP) is 6.15. The quantitative estimate of drug-likeness (QED) is 0.301. The number of methoxy groups -OCH3 is 2. The van der Waals surface area contributed by atoms with Crippen molar-refractivity contribution >= 4 is 40.0 Å². The predicted molar refractivity (Wildman–Crippen MR) is 141 cm³/mol. The Bertz CT molecular complexity index is 1360. The van der Waals surface area contributed by atoms with Gasteiger partial charge in [0.1, 0.15) is 5.52 Å². The number of nitrogens with zero attached hydrogens (tertiary/aromatic N) is 1. The molecule has 0 aliphatic rings. The van der Waals surface area contributed by atoms with Gasteiger partial charge in [-0.25, -0.2) is 4.98 Å². The molecule has 7 nitrogen and oxygen atoms in total. The van der Waals surface area contributed by atoms with Crippen LogP contribution in [0.2, 0.25) is 0 Å². The van der Waals surface area contributed by atoms with Crippen LogP contribution in [0.5, 0.6) is 11.5 Å². The average molecular weight is 490 g/mol. The van der Waals surface area contributed by atoms with Gasteiger partial charge in [0.2, 0.25) is 5.89 Å². The molecule has 4 aromatic rings. The molecule has 1 aromatic heterocycles. The number of rotatable bonds is 7. The van der Waals surface area contributed by atoms with E-state index in [4.69, 9.17) is 26.1 Å². The Morgan fingerprint density at radius 3 is 2.46 bits per heavy atom. The minimum absolute atomic E-state index is 0.178. The number of carbonyl (C=O) groups is 1. The first-order valence-corrected chi connectivity index (χ1v) is 11.7. The third-order valence-corrected chi connectivity index (χ3v) is 6.06. The summed E-state index contributed by atoms with van der Waals surface area (Å²) < 4.78 is 16.4. The summed E-state index contributed by atoms with van der Waals surface area (Å²) in [4.78, 5) is 17.2. The maximum atomic E-state index is 12.6. The van der Waals surface area contributed by atoms with E-state index in [1.165, 1.54) is 19.8 Å². The van der Waals surface area contributed by atoms with E-state index < -0.39 is 0 Å². The summed E-state index contributed by atoms with van der Waals surface area (Å²) >= 11 is 5.31. The monoisotopic (exact) mass is 489 g/mol. The molecule has 180 valence electrons. The van der Waals surface area contributed by atoms with E-state index >= 15 is 0 Å². The number of fused-ring (bicyclic) bond motifs is 1. The van der Waals surface area contributed by atoms with Crippen molar-refractivity contribution in [3.8, 4) is 23.0 Å². The van der Waals surface area contributed by atoms with Gasteiger partial charge in [-0.15, -0.1) is 0 Å². The van der Waals surface area contributed by atoms with Crippen molar-refractivity contribution in [2.45, 2.75) is 26.2 Å². The average Bonchev–Trinajstić information content (AvgIpc) is 3.31. The van der Waals surface area contributed by atoms with Gasteiger partial charge in [-0.3, -0.25) is 10.1 Å². The fraction of sp³-hybridized carbons (Fsp3) is 0.222. The summed E-state index contributed by atoms with van der Waals surface area (Å²) in [6.45, 7) is 4.38. The van der Waals surface area contributed by atoms with Crippen LogP contribution >= 0.6 is 12.2 Å². The summed E-state index contributed by atoms with van der Waals surface area (Å²) in [7, 11) is 3.05.